The smallest absolute Gasteiger partial charge is 0.448 e. The second-order valence-electron chi connectivity index (χ2n) is 3.88. The molecule has 0 aliphatic heterocycles. The van der Waals surface area contributed by atoms with Crippen LogP contribution in [-0.4, -0.2) is 25.4 Å². The van der Waals surface area contributed by atoms with E-state index < -0.39 is 13.4 Å². The Morgan fingerprint density at radius 3 is 2.50 bits per heavy atom. The Labute approximate surface area is 98.3 Å². The Morgan fingerprint density at radius 1 is 1.38 bits per heavy atom. The van der Waals surface area contributed by atoms with Gasteiger partial charge in [0.15, 0.2) is 0 Å². The summed E-state index contributed by atoms with van der Waals surface area (Å²) in [6.45, 7) is -3.06. The molecule has 0 heterocycles. The Hall–Kier alpha value is -0.675. The molecule has 90 valence electrons. The minimum Gasteiger partial charge on any atom is -0.448 e. The summed E-state index contributed by atoms with van der Waals surface area (Å²) >= 11 is 5.79. The summed E-state index contributed by atoms with van der Waals surface area (Å²) in [6.07, 6.45) is -0.867. The maximum atomic E-state index is 12.3. The molecule has 0 radical (unpaired) electrons. The minimum absolute atomic E-state index is 0.304. The highest BCUT2D eigenvalue weighted by molar-refractivity contribution is 6.58. The number of rotatable bonds is 4. The van der Waals surface area contributed by atoms with Crippen LogP contribution in [0.3, 0.4) is 0 Å². The molecular weight excluding hydrogens is 237 g/mol. The van der Waals surface area contributed by atoms with E-state index in [2.05, 4.69) is 0 Å². The van der Waals surface area contributed by atoms with Gasteiger partial charge in [-0.3, -0.25) is 0 Å². The quantitative estimate of drug-likeness (QED) is 0.736. The van der Waals surface area contributed by atoms with Gasteiger partial charge in [0.05, 0.1) is 0 Å². The van der Waals surface area contributed by atoms with Crippen LogP contribution in [0, 0.1) is 0 Å². The molecule has 16 heavy (non-hydrogen) atoms. The first kappa shape index (κ1) is 13.4. The number of nitrogens with zero attached hydrogens (tertiary/aromatic N) is 1. The molecule has 0 aliphatic rings. The Morgan fingerprint density at radius 2 is 2.00 bits per heavy atom. The van der Waals surface area contributed by atoms with E-state index in [1.165, 1.54) is 11.9 Å². The van der Waals surface area contributed by atoms with Crippen LogP contribution in [0.4, 0.5) is 12.9 Å². The lowest BCUT2D eigenvalue weighted by atomic mass is 9.90. The second kappa shape index (κ2) is 5.10. The molecule has 0 amide bonds. The molecule has 0 aliphatic carbocycles. The van der Waals surface area contributed by atoms with Crippen molar-refractivity contribution in [1.82, 2.24) is 4.90 Å². The molecule has 1 rings (SSSR count). The first-order valence-electron chi connectivity index (χ1n) is 4.96. The van der Waals surface area contributed by atoms with Crippen molar-refractivity contribution in [2.45, 2.75) is 13.0 Å². The highest BCUT2D eigenvalue weighted by atomic mass is 35.5. The summed E-state index contributed by atoms with van der Waals surface area (Å²) in [5, 5.41) is 0.537. The van der Waals surface area contributed by atoms with Gasteiger partial charge >= 0.3 is 6.98 Å². The molecule has 1 atom stereocenters. The van der Waals surface area contributed by atoms with Crippen LogP contribution in [0.2, 0.25) is 5.02 Å². The van der Waals surface area contributed by atoms with E-state index in [4.69, 9.17) is 11.6 Å². The molecule has 1 aromatic rings. The first-order chi connectivity index (χ1) is 7.29. The Bertz CT molecular complexity index is 356. The van der Waals surface area contributed by atoms with Gasteiger partial charge in [0.2, 0.25) is 0 Å². The fourth-order valence-corrected chi connectivity index (χ4v) is 1.70. The fraction of sp³-hybridized carbons (Fsp3) is 0.400. The molecule has 0 fully saturated rings. The number of hydrogen-bond donors (Lipinski definition) is 0. The van der Waals surface area contributed by atoms with Crippen LogP contribution in [0.15, 0.2) is 24.3 Å². The third kappa shape index (κ3) is 4.06. The third-order valence-corrected chi connectivity index (χ3v) is 2.72. The van der Waals surface area contributed by atoms with E-state index in [0.717, 1.165) is 5.56 Å². The van der Waals surface area contributed by atoms with Crippen LogP contribution in [0.1, 0.15) is 18.5 Å². The van der Waals surface area contributed by atoms with E-state index in [9.17, 15) is 12.9 Å². The highest BCUT2D eigenvalue weighted by Crippen LogP contribution is 2.23. The Kier molecular flexibility index (Phi) is 4.27. The molecule has 0 saturated heterocycles. The van der Waals surface area contributed by atoms with Gasteiger partial charge < -0.3 is 17.8 Å². The van der Waals surface area contributed by atoms with Crippen LogP contribution in [0.5, 0.6) is 0 Å². The number of benzene rings is 1. The normalized spacial score (nSPS) is 14.2. The topological polar surface area (TPSA) is 3.24 Å². The van der Waals surface area contributed by atoms with Gasteiger partial charge in [-0.2, -0.15) is 0 Å². The summed E-state index contributed by atoms with van der Waals surface area (Å²) in [6, 6.07) is 6.59. The lowest BCUT2D eigenvalue weighted by Crippen LogP contribution is -2.36. The lowest BCUT2D eigenvalue weighted by Gasteiger charge is -2.29. The second-order valence-corrected chi connectivity index (χ2v) is 4.32. The van der Waals surface area contributed by atoms with Crippen molar-refractivity contribution in [3.8, 4) is 0 Å². The lowest BCUT2D eigenvalue weighted by molar-refractivity contribution is 0.267. The molecule has 0 saturated carbocycles. The minimum atomic E-state index is -4.79. The van der Waals surface area contributed by atoms with E-state index in [-0.39, 0.29) is 6.04 Å². The SMILES string of the molecule is CC(c1cccc(Cl)c1)N(C)C[B-](F)(F)F. The fourth-order valence-electron chi connectivity index (χ4n) is 1.51. The molecule has 0 bridgehead atoms. The summed E-state index contributed by atoms with van der Waals surface area (Å²) in [5.41, 5.74) is 0.787. The zero-order chi connectivity index (χ0) is 12.3. The predicted octanol–water partition coefficient (Wildman–Crippen LogP) is 3.72. The van der Waals surface area contributed by atoms with Crippen LogP contribution in [-0.2, 0) is 0 Å². The van der Waals surface area contributed by atoms with E-state index in [0.29, 0.717) is 5.02 Å². The maximum Gasteiger partial charge on any atom is 0.492 e. The Balaban J connectivity index is 2.74. The predicted molar refractivity (Wildman–Crippen MR) is 61.6 cm³/mol. The summed E-state index contributed by atoms with van der Waals surface area (Å²) in [4.78, 5) is 1.27. The zero-order valence-corrected chi connectivity index (χ0v) is 9.89. The summed E-state index contributed by atoms with van der Waals surface area (Å²) in [7, 11) is 1.46. The molecule has 0 N–H and O–H groups in total. The molecular formula is C10H13BClF3N-. The standard InChI is InChI=1S/C10H13BClF3N/c1-8(16(2)7-11(13,14)15)9-4-3-5-10(12)6-9/h3-6,8H,7H2,1-2H3/q-1. The van der Waals surface area contributed by atoms with E-state index >= 15 is 0 Å². The van der Waals surface area contributed by atoms with Gasteiger partial charge in [-0.05, 0) is 38.1 Å². The summed E-state index contributed by atoms with van der Waals surface area (Å²) in [5.74, 6) is 0. The van der Waals surface area contributed by atoms with Gasteiger partial charge in [0.25, 0.3) is 0 Å². The zero-order valence-electron chi connectivity index (χ0n) is 9.13. The van der Waals surface area contributed by atoms with E-state index in [1.807, 2.05) is 0 Å². The van der Waals surface area contributed by atoms with Crippen molar-refractivity contribution in [2.24, 2.45) is 0 Å². The molecule has 1 aromatic carbocycles. The van der Waals surface area contributed by atoms with Gasteiger partial charge in [-0.25, -0.2) is 0 Å². The van der Waals surface area contributed by atoms with Crippen LogP contribution in [0.25, 0.3) is 0 Å². The van der Waals surface area contributed by atoms with Crippen LogP contribution < -0.4 is 0 Å². The monoisotopic (exact) mass is 250 g/mol. The van der Waals surface area contributed by atoms with Crippen molar-refractivity contribution >= 4 is 18.6 Å². The van der Waals surface area contributed by atoms with Gasteiger partial charge in [-0.1, -0.05) is 23.7 Å². The van der Waals surface area contributed by atoms with Gasteiger partial charge in [0, 0.05) is 11.1 Å². The van der Waals surface area contributed by atoms with Crippen molar-refractivity contribution in [2.75, 3.05) is 13.5 Å². The maximum absolute atomic E-state index is 12.3. The largest absolute Gasteiger partial charge is 0.492 e. The highest BCUT2D eigenvalue weighted by Gasteiger charge is 2.27. The van der Waals surface area contributed by atoms with Crippen molar-refractivity contribution < 1.29 is 12.9 Å². The molecule has 0 aromatic heterocycles. The average molecular weight is 250 g/mol. The van der Waals surface area contributed by atoms with Gasteiger partial charge in [-0.15, -0.1) is 0 Å². The van der Waals surface area contributed by atoms with Crippen molar-refractivity contribution in [3.63, 3.8) is 0 Å². The molecule has 0 spiro atoms. The molecule has 1 unspecified atom stereocenters. The third-order valence-electron chi connectivity index (χ3n) is 2.49. The molecule has 1 nitrogen and oxygen atoms in total. The average Bonchev–Trinajstić information content (AvgIpc) is 2.14. The summed E-state index contributed by atoms with van der Waals surface area (Å²) < 4.78 is 36.8. The first-order valence-corrected chi connectivity index (χ1v) is 5.34. The van der Waals surface area contributed by atoms with Gasteiger partial charge in [0.1, 0.15) is 0 Å². The van der Waals surface area contributed by atoms with Crippen LogP contribution >= 0.6 is 11.6 Å². The van der Waals surface area contributed by atoms with E-state index in [1.54, 1.807) is 31.2 Å². The number of halogens is 4. The molecule has 6 heteroatoms. The van der Waals surface area contributed by atoms with Crippen molar-refractivity contribution in [1.29, 1.82) is 0 Å². The van der Waals surface area contributed by atoms with Crippen molar-refractivity contribution in [3.05, 3.63) is 34.9 Å². The number of hydrogen-bond acceptors (Lipinski definition) is 1.